The zero-order valence-electron chi connectivity index (χ0n) is 15.1. The number of carbonyl (C=O) groups is 1. The Kier molecular flexibility index (Phi) is 6.16. The Morgan fingerprint density at radius 2 is 2.00 bits per heavy atom. The van der Waals surface area contributed by atoms with Gasteiger partial charge in [0.2, 0.25) is 0 Å². The van der Waals surface area contributed by atoms with E-state index < -0.39 is 11.6 Å². The number of piperidine rings is 1. The smallest absolute Gasteiger partial charge is 0.253 e. The van der Waals surface area contributed by atoms with Gasteiger partial charge in [-0.25, -0.2) is 13.8 Å². The standard InChI is InChI=1S/C21H23F2N3O/c1-2-9-24-21(27)17-4-6-20(25-14-17)26-10-7-15(8-11-26)12-16-3-5-18(22)19(23)13-16/h2-6,13-15H,1,7-12H2,(H,24,27). The first-order valence-corrected chi connectivity index (χ1v) is 9.11. The van der Waals surface area contributed by atoms with Crippen molar-refractivity contribution in [2.75, 3.05) is 24.5 Å². The Bertz CT molecular complexity index is 800. The van der Waals surface area contributed by atoms with E-state index in [1.807, 2.05) is 6.07 Å². The minimum Gasteiger partial charge on any atom is -0.357 e. The predicted molar refractivity (Wildman–Crippen MR) is 102 cm³/mol. The second-order valence-electron chi connectivity index (χ2n) is 6.79. The van der Waals surface area contributed by atoms with Gasteiger partial charge in [0, 0.05) is 25.8 Å². The highest BCUT2D eigenvalue weighted by molar-refractivity contribution is 5.94. The average molecular weight is 371 g/mol. The maximum Gasteiger partial charge on any atom is 0.253 e. The molecule has 2 aromatic rings. The number of rotatable bonds is 6. The van der Waals surface area contributed by atoms with Crippen molar-refractivity contribution in [3.63, 3.8) is 0 Å². The molecule has 0 aliphatic carbocycles. The van der Waals surface area contributed by atoms with Gasteiger partial charge in [-0.2, -0.15) is 0 Å². The molecule has 142 valence electrons. The van der Waals surface area contributed by atoms with Gasteiger partial charge in [0.1, 0.15) is 5.82 Å². The van der Waals surface area contributed by atoms with Gasteiger partial charge in [-0.3, -0.25) is 4.79 Å². The second-order valence-corrected chi connectivity index (χ2v) is 6.79. The third-order valence-electron chi connectivity index (χ3n) is 4.86. The molecule has 1 amide bonds. The van der Waals surface area contributed by atoms with Crippen LogP contribution in [-0.4, -0.2) is 30.5 Å². The van der Waals surface area contributed by atoms with Gasteiger partial charge in [-0.05, 0) is 55.0 Å². The number of halogens is 2. The summed E-state index contributed by atoms with van der Waals surface area (Å²) in [6.45, 7) is 5.69. The molecular formula is C21H23F2N3O. The van der Waals surface area contributed by atoms with Crippen molar-refractivity contribution < 1.29 is 13.6 Å². The van der Waals surface area contributed by atoms with Crippen molar-refractivity contribution in [1.82, 2.24) is 10.3 Å². The normalized spacial score (nSPS) is 14.8. The molecule has 1 fully saturated rings. The predicted octanol–water partition coefficient (Wildman–Crippen LogP) is 3.73. The molecule has 0 spiro atoms. The summed E-state index contributed by atoms with van der Waals surface area (Å²) < 4.78 is 26.4. The first-order chi connectivity index (χ1) is 13.1. The van der Waals surface area contributed by atoms with E-state index in [-0.39, 0.29) is 5.91 Å². The SMILES string of the molecule is C=CCNC(=O)c1ccc(N2CCC(Cc3ccc(F)c(F)c3)CC2)nc1. The summed E-state index contributed by atoms with van der Waals surface area (Å²) in [4.78, 5) is 18.5. The van der Waals surface area contributed by atoms with Crippen LogP contribution in [0.1, 0.15) is 28.8 Å². The highest BCUT2D eigenvalue weighted by atomic mass is 19.2. The number of nitrogens with zero attached hydrogens (tertiary/aromatic N) is 2. The fraction of sp³-hybridized carbons (Fsp3) is 0.333. The van der Waals surface area contributed by atoms with Crippen molar-refractivity contribution in [2.24, 2.45) is 5.92 Å². The largest absolute Gasteiger partial charge is 0.357 e. The Labute approximate surface area is 157 Å². The summed E-state index contributed by atoms with van der Waals surface area (Å²) in [7, 11) is 0. The van der Waals surface area contributed by atoms with E-state index >= 15 is 0 Å². The molecule has 1 aromatic heterocycles. The molecule has 0 saturated carbocycles. The van der Waals surface area contributed by atoms with Gasteiger partial charge in [-0.1, -0.05) is 12.1 Å². The molecule has 27 heavy (non-hydrogen) atoms. The first kappa shape index (κ1) is 19.0. The van der Waals surface area contributed by atoms with Crippen LogP contribution >= 0.6 is 0 Å². The average Bonchev–Trinajstić information content (AvgIpc) is 2.70. The van der Waals surface area contributed by atoms with Crippen molar-refractivity contribution in [2.45, 2.75) is 19.3 Å². The van der Waals surface area contributed by atoms with Crippen molar-refractivity contribution >= 4 is 11.7 Å². The monoisotopic (exact) mass is 371 g/mol. The molecule has 0 radical (unpaired) electrons. The Morgan fingerprint density at radius 3 is 2.63 bits per heavy atom. The quantitative estimate of drug-likeness (QED) is 0.787. The van der Waals surface area contributed by atoms with Crippen LogP contribution in [0.5, 0.6) is 0 Å². The number of anilines is 1. The van der Waals surface area contributed by atoms with Crippen molar-refractivity contribution in [3.8, 4) is 0 Å². The molecule has 0 unspecified atom stereocenters. The summed E-state index contributed by atoms with van der Waals surface area (Å²) in [6, 6.07) is 7.77. The molecule has 1 saturated heterocycles. The van der Waals surface area contributed by atoms with Crippen LogP contribution in [0.3, 0.4) is 0 Å². The molecular weight excluding hydrogens is 348 g/mol. The third kappa shape index (κ3) is 4.90. The number of aromatic nitrogens is 1. The van der Waals surface area contributed by atoms with E-state index in [4.69, 9.17) is 0 Å². The van der Waals surface area contributed by atoms with Gasteiger partial charge < -0.3 is 10.2 Å². The van der Waals surface area contributed by atoms with E-state index in [1.54, 1.807) is 24.4 Å². The Hall–Kier alpha value is -2.76. The zero-order valence-corrected chi connectivity index (χ0v) is 15.1. The summed E-state index contributed by atoms with van der Waals surface area (Å²) in [6.07, 6.45) is 5.89. The Balaban J connectivity index is 1.53. The van der Waals surface area contributed by atoms with Crippen molar-refractivity contribution in [3.05, 3.63) is 71.9 Å². The maximum absolute atomic E-state index is 13.4. The molecule has 3 rings (SSSR count). The van der Waals surface area contributed by atoms with Gasteiger partial charge >= 0.3 is 0 Å². The van der Waals surface area contributed by atoms with Crippen molar-refractivity contribution in [1.29, 1.82) is 0 Å². The number of carbonyl (C=O) groups excluding carboxylic acids is 1. The van der Waals surface area contributed by atoms with Gasteiger partial charge in [0.25, 0.3) is 5.91 Å². The number of pyridine rings is 1. The molecule has 2 heterocycles. The number of amides is 1. The van der Waals surface area contributed by atoms with Crippen LogP contribution in [0.15, 0.2) is 49.2 Å². The molecule has 1 N–H and O–H groups in total. The lowest BCUT2D eigenvalue weighted by molar-refractivity contribution is 0.0957. The minimum absolute atomic E-state index is 0.167. The van der Waals surface area contributed by atoms with Gasteiger partial charge in [-0.15, -0.1) is 6.58 Å². The number of benzene rings is 1. The molecule has 4 nitrogen and oxygen atoms in total. The van der Waals surface area contributed by atoms with Crippen LogP contribution in [0.25, 0.3) is 0 Å². The number of hydrogen-bond donors (Lipinski definition) is 1. The molecule has 1 aromatic carbocycles. The zero-order chi connectivity index (χ0) is 19.2. The van der Waals surface area contributed by atoms with E-state index in [9.17, 15) is 13.6 Å². The molecule has 0 bridgehead atoms. The second kappa shape index (κ2) is 8.75. The topological polar surface area (TPSA) is 45.2 Å². The molecule has 1 aliphatic heterocycles. The van der Waals surface area contributed by atoms with E-state index in [0.29, 0.717) is 18.0 Å². The lowest BCUT2D eigenvalue weighted by Crippen LogP contribution is -2.35. The first-order valence-electron chi connectivity index (χ1n) is 9.11. The highest BCUT2D eigenvalue weighted by Gasteiger charge is 2.21. The van der Waals surface area contributed by atoms with Crippen LogP contribution in [0.4, 0.5) is 14.6 Å². The van der Waals surface area contributed by atoms with Crippen LogP contribution < -0.4 is 10.2 Å². The molecule has 6 heteroatoms. The number of nitrogens with one attached hydrogen (secondary N) is 1. The third-order valence-corrected chi connectivity index (χ3v) is 4.86. The van der Waals surface area contributed by atoms with Gasteiger partial charge in [0.15, 0.2) is 11.6 Å². The summed E-state index contributed by atoms with van der Waals surface area (Å²) >= 11 is 0. The van der Waals surface area contributed by atoms with E-state index in [2.05, 4.69) is 21.8 Å². The summed E-state index contributed by atoms with van der Waals surface area (Å²) in [5, 5.41) is 2.72. The maximum atomic E-state index is 13.4. The fourth-order valence-electron chi connectivity index (χ4n) is 3.34. The van der Waals surface area contributed by atoms with Crippen LogP contribution in [0, 0.1) is 17.6 Å². The summed E-state index contributed by atoms with van der Waals surface area (Å²) in [5.74, 6) is -0.469. The van der Waals surface area contributed by atoms with Gasteiger partial charge in [0.05, 0.1) is 5.56 Å². The highest BCUT2D eigenvalue weighted by Crippen LogP contribution is 2.25. The van der Waals surface area contributed by atoms with E-state index in [1.165, 1.54) is 12.1 Å². The molecule has 0 atom stereocenters. The Morgan fingerprint density at radius 1 is 1.22 bits per heavy atom. The van der Waals surface area contributed by atoms with Crippen LogP contribution in [-0.2, 0) is 6.42 Å². The fourth-order valence-corrected chi connectivity index (χ4v) is 3.34. The lowest BCUT2D eigenvalue weighted by atomic mass is 9.90. The lowest BCUT2D eigenvalue weighted by Gasteiger charge is -2.33. The molecule has 1 aliphatic rings. The minimum atomic E-state index is -0.804. The summed E-state index contributed by atoms with van der Waals surface area (Å²) in [5.41, 5.74) is 1.36. The number of hydrogen-bond acceptors (Lipinski definition) is 3. The van der Waals surface area contributed by atoms with Crippen LogP contribution in [0.2, 0.25) is 0 Å². The van der Waals surface area contributed by atoms with E-state index in [0.717, 1.165) is 43.7 Å².